The standard InChI is InChI=1S/C21H34N2O.ClH/c1-16-15-22-14-13-19(16)23-20(24)8-6-5-7-17-9-11-18(12-10-17)21(2,3)4;/h9-12,16,19,22H,5-8,13-15H2,1-4H3,(H,23,24);1H. The van der Waals surface area contributed by atoms with Crippen LogP contribution in [0.4, 0.5) is 0 Å². The highest BCUT2D eigenvalue weighted by Crippen LogP contribution is 2.22. The zero-order valence-corrected chi connectivity index (χ0v) is 17.0. The average molecular weight is 367 g/mol. The van der Waals surface area contributed by atoms with Crippen LogP contribution in [0.3, 0.4) is 0 Å². The number of rotatable bonds is 6. The first-order valence-corrected chi connectivity index (χ1v) is 9.46. The maximum atomic E-state index is 12.1. The number of unbranched alkanes of at least 4 members (excludes halogenated alkanes) is 1. The van der Waals surface area contributed by atoms with E-state index in [0.29, 0.717) is 18.4 Å². The van der Waals surface area contributed by atoms with E-state index in [1.54, 1.807) is 0 Å². The molecule has 1 aliphatic heterocycles. The van der Waals surface area contributed by atoms with Gasteiger partial charge >= 0.3 is 0 Å². The molecule has 1 amide bonds. The molecule has 2 N–H and O–H groups in total. The fraction of sp³-hybridized carbons (Fsp3) is 0.667. The Hall–Kier alpha value is -1.06. The minimum absolute atomic E-state index is 0. The lowest BCUT2D eigenvalue weighted by molar-refractivity contribution is -0.122. The van der Waals surface area contributed by atoms with E-state index in [2.05, 4.69) is 62.6 Å². The fourth-order valence-corrected chi connectivity index (χ4v) is 3.29. The van der Waals surface area contributed by atoms with Crippen molar-refractivity contribution in [3.05, 3.63) is 35.4 Å². The van der Waals surface area contributed by atoms with Crippen LogP contribution in [0.15, 0.2) is 24.3 Å². The zero-order valence-electron chi connectivity index (χ0n) is 16.2. The van der Waals surface area contributed by atoms with Gasteiger partial charge in [-0.25, -0.2) is 0 Å². The second-order valence-electron chi connectivity index (χ2n) is 8.30. The number of piperidine rings is 1. The summed E-state index contributed by atoms with van der Waals surface area (Å²) >= 11 is 0. The number of carbonyl (C=O) groups is 1. The van der Waals surface area contributed by atoms with Crippen LogP contribution >= 0.6 is 12.4 Å². The molecule has 4 heteroatoms. The van der Waals surface area contributed by atoms with Gasteiger partial charge in [0.15, 0.2) is 0 Å². The lowest BCUT2D eigenvalue weighted by Gasteiger charge is -2.30. The third kappa shape index (κ3) is 7.37. The van der Waals surface area contributed by atoms with Crippen molar-refractivity contribution in [2.45, 2.75) is 71.3 Å². The van der Waals surface area contributed by atoms with Crippen molar-refractivity contribution in [2.75, 3.05) is 13.1 Å². The highest BCUT2D eigenvalue weighted by molar-refractivity contribution is 5.85. The molecular formula is C21H35ClN2O. The highest BCUT2D eigenvalue weighted by atomic mass is 35.5. The SMILES string of the molecule is CC1CNCCC1NC(=O)CCCCc1ccc(C(C)(C)C)cc1.Cl. The zero-order chi connectivity index (χ0) is 17.6. The Morgan fingerprint density at radius 1 is 1.20 bits per heavy atom. The van der Waals surface area contributed by atoms with E-state index in [4.69, 9.17) is 0 Å². The van der Waals surface area contributed by atoms with Gasteiger partial charge in [0.2, 0.25) is 5.91 Å². The van der Waals surface area contributed by atoms with Gasteiger partial charge in [-0.15, -0.1) is 12.4 Å². The maximum Gasteiger partial charge on any atom is 0.220 e. The van der Waals surface area contributed by atoms with Gasteiger partial charge in [0.05, 0.1) is 0 Å². The van der Waals surface area contributed by atoms with Gasteiger partial charge in [-0.1, -0.05) is 52.0 Å². The highest BCUT2D eigenvalue weighted by Gasteiger charge is 2.22. The molecule has 2 unspecified atom stereocenters. The molecular weight excluding hydrogens is 332 g/mol. The summed E-state index contributed by atoms with van der Waals surface area (Å²) in [4.78, 5) is 12.1. The lowest BCUT2D eigenvalue weighted by atomic mass is 9.86. The van der Waals surface area contributed by atoms with Crippen molar-refractivity contribution < 1.29 is 4.79 Å². The Bertz CT molecular complexity index is 522. The molecule has 1 fully saturated rings. The molecule has 0 aromatic heterocycles. The molecule has 1 heterocycles. The van der Waals surface area contributed by atoms with Gasteiger partial charge in [0.1, 0.15) is 0 Å². The van der Waals surface area contributed by atoms with Crippen LogP contribution in [0, 0.1) is 5.92 Å². The second kappa shape index (κ2) is 10.2. The van der Waals surface area contributed by atoms with Crippen molar-refractivity contribution in [1.82, 2.24) is 10.6 Å². The molecule has 2 atom stereocenters. The van der Waals surface area contributed by atoms with E-state index in [1.807, 2.05) is 0 Å². The largest absolute Gasteiger partial charge is 0.353 e. The molecule has 3 nitrogen and oxygen atoms in total. The summed E-state index contributed by atoms with van der Waals surface area (Å²) in [5.74, 6) is 0.751. The van der Waals surface area contributed by atoms with Crippen molar-refractivity contribution in [3.63, 3.8) is 0 Å². The van der Waals surface area contributed by atoms with Crippen LogP contribution < -0.4 is 10.6 Å². The summed E-state index contributed by atoms with van der Waals surface area (Å²) in [6.45, 7) is 10.9. The lowest BCUT2D eigenvalue weighted by Crippen LogP contribution is -2.48. The van der Waals surface area contributed by atoms with Gasteiger partial charge in [-0.2, -0.15) is 0 Å². The predicted octanol–water partition coefficient (Wildman–Crippen LogP) is 4.23. The van der Waals surface area contributed by atoms with Gasteiger partial charge in [-0.05, 0) is 61.2 Å². The van der Waals surface area contributed by atoms with Gasteiger partial charge < -0.3 is 10.6 Å². The number of hydrogen-bond donors (Lipinski definition) is 2. The van der Waals surface area contributed by atoms with Crippen LogP contribution in [-0.2, 0) is 16.6 Å². The van der Waals surface area contributed by atoms with E-state index >= 15 is 0 Å². The fourth-order valence-electron chi connectivity index (χ4n) is 3.29. The van der Waals surface area contributed by atoms with Crippen LogP contribution in [-0.4, -0.2) is 25.0 Å². The van der Waals surface area contributed by atoms with Crippen molar-refractivity contribution in [3.8, 4) is 0 Å². The summed E-state index contributed by atoms with van der Waals surface area (Å²) in [6, 6.07) is 9.29. The van der Waals surface area contributed by atoms with Gasteiger partial charge in [0.25, 0.3) is 0 Å². The molecule has 0 radical (unpaired) electrons. The van der Waals surface area contributed by atoms with Crippen molar-refractivity contribution >= 4 is 18.3 Å². The molecule has 1 aromatic carbocycles. The first-order chi connectivity index (χ1) is 11.4. The Morgan fingerprint density at radius 3 is 2.48 bits per heavy atom. The molecule has 0 saturated carbocycles. The summed E-state index contributed by atoms with van der Waals surface area (Å²) < 4.78 is 0. The van der Waals surface area contributed by atoms with E-state index in [-0.39, 0.29) is 23.7 Å². The van der Waals surface area contributed by atoms with E-state index in [0.717, 1.165) is 38.8 Å². The molecule has 25 heavy (non-hydrogen) atoms. The number of hydrogen-bond acceptors (Lipinski definition) is 2. The molecule has 1 saturated heterocycles. The quantitative estimate of drug-likeness (QED) is 0.739. The topological polar surface area (TPSA) is 41.1 Å². The van der Waals surface area contributed by atoms with E-state index < -0.39 is 0 Å². The number of aryl methyl sites for hydroxylation is 1. The third-order valence-electron chi connectivity index (χ3n) is 5.07. The minimum atomic E-state index is 0. The van der Waals surface area contributed by atoms with E-state index in [9.17, 15) is 4.79 Å². The third-order valence-corrected chi connectivity index (χ3v) is 5.07. The number of amides is 1. The molecule has 142 valence electrons. The normalized spacial score (nSPS) is 20.6. The van der Waals surface area contributed by atoms with Crippen LogP contribution in [0.1, 0.15) is 64.5 Å². The number of carbonyl (C=O) groups excluding carboxylic acids is 1. The molecule has 0 aliphatic carbocycles. The molecule has 1 aromatic rings. The van der Waals surface area contributed by atoms with Crippen LogP contribution in [0.5, 0.6) is 0 Å². The second-order valence-corrected chi connectivity index (χ2v) is 8.30. The summed E-state index contributed by atoms with van der Waals surface area (Å²) in [7, 11) is 0. The summed E-state index contributed by atoms with van der Waals surface area (Å²) in [5.41, 5.74) is 2.96. The molecule has 2 rings (SSSR count). The Morgan fingerprint density at radius 2 is 1.88 bits per heavy atom. The first-order valence-electron chi connectivity index (χ1n) is 9.46. The Kier molecular flexibility index (Phi) is 8.95. The number of halogens is 1. The monoisotopic (exact) mass is 366 g/mol. The minimum Gasteiger partial charge on any atom is -0.353 e. The average Bonchev–Trinajstić information content (AvgIpc) is 2.53. The predicted molar refractivity (Wildman–Crippen MR) is 109 cm³/mol. The number of benzene rings is 1. The molecule has 1 aliphatic rings. The Labute approximate surface area is 159 Å². The van der Waals surface area contributed by atoms with Crippen LogP contribution in [0.2, 0.25) is 0 Å². The smallest absolute Gasteiger partial charge is 0.220 e. The van der Waals surface area contributed by atoms with Crippen molar-refractivity contribution in [1.29, 1.82) is 0 Å². The Balaban J connectivity index is 0.00000312. The molecule has 0 bridgehead atoms. The summed E-state index contributed by atoms with van der Waals surface area (Å²) in [5, 5.41) is 6.58. The van der Waals surface area contributed by atoms with Crippen LogP contribution in [0.25, 0.3) is 0 Å². The number of nitrogens with one attached hydrogen (secondary N) is 2. The maximum absolute atomic E-state index is 12.1. The van der Waals surface area contributed by atoms with Crippen molar-refractivity contribution in [2.24, 2.45) is 5.92 Å². The van der Waals surface area contributed by atoms with E-state index in [1.165, 1.54) is 11.1 Å². The first kappa shape index (κ1) is 22.0. The molecule has 0 spiro atoms. The van der Waals surface area contributed by atoms with Gasteiger partial charge in [-0.3, -0.25) is 4.79 Å². The van der Waals surface area contributed by atoms with Gasteiger partial charge in [0, 0.05) is 12.5 Å². The summed E-state index contributed by atoms with van der Waals surface area (Å²) in [6.07, 6.45) is 4.79.